The number of aromatic nitrogens is 2. The molecule has 106 valence electrons. The molecule has 0 bridgehead atoms. The average Bonchev–Trinajstić information content (AvgIpc) is 2.78. The SMILES string of the molecule is O=C(Nc1cnn(CC(F)F)c1)c1cc(F)ccc1I. The normalized spacial score (nSPS) is 10.8. The van der Waals surface area contributed by atoms with Crippen molar-refractivity contribution >= 4 is 34.2 Å². The third-order valence-electron chi connectivity index (χ3n) is 2.39. The van der Waals surface area contributed by atoms with Gasteiger partial charge in [0.25, 0.3) is 12.3 Å². The lowest BCUT2D eigenvalue weighted by atomic mass is 10.2. The maximum absolute atomic E-state index is 13.1. The minimum atomic E-state index is -2.53. The molecule has 2 aromatic rings. The minimum absolute atomic E-state index is 0.173. The topological polar surface area (TPSA) is 46.9 Å². The summed E-state index contributed by atoms with van der Waals surface area (Å²) in [5, 5.41) is 6.17. The summed E-state index contributed by atoms with van der Waals surface area (Å²) in [5.41, 5.74) is 0.447. The van der Waals surface area contributed by atoms with Crippen molar-refractivity contribution in [3.05, 3.63) is 45.5 Å². The fourth-order valence-electron chi connectivity index (χ4n) is 1.54. The van der Waals surface area contributed by atoms with Crippen LogP contribution >= 0.6 is 22.6 Å². The highest BCUT2D eigenvalue weighted by atomic mass is 127. The lowest BCUT2D eigenvalue weighted by molar-refractivity contribution is 0.102. The lowest BCUT2D eigenvalue weighted by Gasteiger charge is -2.05. The summed E-state index contributed by atoms with van der Waals surface area (Å²) >= 11 is 1.91. The molecule has 1 aromatic heterocycles. The van der Waals surface area contributed by atoms with Gasteiger partial charge in [0.15, 0.2) is 0 Å². The van der Waals surface area contributed by atoms with Crippen LogP contribution in [0.5, 0.6) is 0 Å². The first-order chi connectivity index (χ1) is 9.45. The van der Waals surface area contributed by atoms with Gasteiger partial charge in [0, 0.05) is 9.77 Å². The van der Waals surface area contributed by atoms with Crippen LogP contribution in [-0.4, -0.2) is 22.1 Å². The van der Waals surface area contributed by atoms with Crippen LogP contribution in [0.4, 0.5) is 18.9 Å². The van der Waals surface area contributed by atoms with Gasteiger partial charge in [-0.15, -0.1) is 0 Å². The average molecular weight is 395 g/mol. The van der Waals surface area contributed by atoms with Crippen LogP contribution in [0.2, 0.25) is 0 Å². The zero-order chi connectivity index (χ0) is 14.7. The summed E-state index contributed by atoms with van der Waals surface area (Å²) in [4.78, 5) is 12.0. The zero-order valence-electron chi connectivity index (χ0n) is 9.99. The third kappa shape index (κ3) is 3.71. The van der Waals surface area contributed by atoms with Crippen molar-refractivity contribution in [1.29, 1.82) is 0 Å². The van der Waals surface area contributed by atoms with Crippen molar-refractivity contribution in [2.45, 2.75) is 13.0 Å². The van der Waals surface area contributed by atoms with E-state index in [1.54, 1.807) is 0 Å². The van der Waals surface area contributed by atoms with Crippen LogP contribution < -0.4 is 5.32 Å². The van der Waals surface area contributed by atoms with E-state index < -0.39 is 24.7 Å². The second-order valence-electron chi connectivity index (χ2n) is 3.92. The predicted molar refractivity (Wildman–Crippen MR) is 75.3 cm³/mol. The molecule has 1 amide bonds. The Labute approximate surface area is 126 Å². The molecule has 1 heterocycles. The number of halogens is 4. The van der Waals surface area contributed by atoms with Crippen LogP contribution in [0.15, 0.2) is 30.6 Å². The number of carbonyl (C=O) groups excluding carboxylic acids is 1. The number of nitrogens with zero attached hydrogens (tertiary/aromatic N) is 2. The zero-order valence-corrected chi connectivity index (χ0v) is 12.1. The van der Waals surface area contributed by atoms with Gasteiger partial charge in [-0.05, 0) is 40.8 Å². The van der Waals surface area contributed by atoms with Crippen molar-refractivity contribution in [2.24, 2.45) is 0 Å². The molecule has 0 unspecified atom stereocenters. The van der Waals surface area contributed by atoms with Gasteiger partial charge in [0.1, 0.15) is 12.4 Å². The summed E-state index contributed by atoms with van der Waals surface area (Å²) in [6, 6.07) is 3.84. The molecule has 0 saturated heterocycles. The van der Waals surface area contributed by atoms with E-state index in [1.165, 1.54) is 24.5 Å². The van der Waals surface area contributed by atoms with Gasteiger partial charge in [0.2, 0.25) is 0 Å². The van der Waals surface area contributed by atoms with E-state index in [4.69, 9.17) is 0 Å². The van der Waals surface area contributed by atoms with Gasteiger partial charge in [-0.1, -0.05) is 0 Å². The van der Waals surface area contributed by atoms with Gasteiger partial charge >= 0.3 is 0 Å². The molecule has 0 aliphatic rings. The molecule has 0 aliphatic carbocycles. The molecule has 0 atom stereocenters. The molecule has 0 aliphatic heterocycles. The highest BCUT2D eigenvalue weighted by molar-refractivity contribution is 14.1. The van der Waals surface area contributed by atoms with E-state index in [2.05, 4.69) is 10.4 Å². The first-order valence-corrected chi connectivity index (χ1v) is 6.60. The standard InChI is InChI=1S/C12H9F3IN3O/c13-7-1-2-10(16)9(3-7)12(20)18-8-4-17-19(5-8)6-11(14)15/h1-5,11H,6H2,(H,18,20). The summed E-state index contributed by atoms with van der Waals surface area (Å²) < 4.78 is 39.0. The molecule has 2 rings (SSSR count). The van der Waals surface area contributed by atoms with Gasteiger partial charge in [-0.25, -0.2) is 13.2 Å². The van der Waals surface area contributed by atoms with Crippen LogP contribution in [0.25, 0.3) is 0 Å². The number of amides is 1. The first-order valence-electron chi connectivity index (χ1n) is 5.52. The van der Waals surface area contributed by atoms with E-state index in [0.717, 1.165) is 10.7 Å². The predicted octanol–water partition coefficient (Wildman–Crippen LogP) is 3.14. The summed E-state index contributed by atoms with van der Waals surface area (Å²) in [6.45, 7) is -0.548. The summed E-state index contributed by atoms with van der Waals surface area (Å²) in [5.74, 6) is -1.05. The number of alkyl halides is 2. The first kappa shape index (κ1) is 14.8. The molecule has 20 heavy (non-hydrogen) atoms. The Morgan fingerprint density at radius 2 is 2.20 bits per heavy atom. The molecular weight excluding hydrogens is 386 g/mol. The molecule has 0 spiro atoms. The molecular formula is C12H9F3IN3O. The Hall–Kier alpha value is -1.58. The van der Waals surface area contributed by atoms with Crippen LogP contribution in [0, 0.1) is 9.39 Å². The molecule has 1 aromatic carbocycles. The number of hydrogen-bond acceptors (Lipinski definition) is 2. The highest BCUT2D eigenvalue weighted by Crippen LogP contribution is 2.16. The van der Waals surface area contributed by atoms with E-state index in [-0.39, 0.29) is 11.3 Å². The van der Waals surface area contributed by atoms with Crippen LogP contribution in [0.1, 0.15) is 10.4 Å². The second kappa shape index (κ2) is 6.25. The molecule has 0 radical (unpaired) electrons. The maximum atomic E-state index is 13.1. The molecule has 4 nitrogen and oxygen atoms in total. The maximum Gasteiger partial charge on any atom is 0.257 e. The van der Waals surface area contributed by atoms with Crippen molar-refractivity contribution in [2.75, 3.05) is 5.32 Å². The number of benzene rings is 1. The Kier molecular flexibility index (Phi) is 4.63. The third-order valence-corrected chi connectivity index (χ3v) is 3.33. The number of anilines is 1. The fraction of sp³-hybridized carbons (Fsp3) is 0.167. The van der Waals surface area contributed by atoms with Crippen molar-refractivity contribution in [1.82, 2.24) is 9.78 Å². The van der Waals surface area contributed by atoms with Crippen molar-refractivity contribution in [3.63, 3.8) is 0 Å². The monoisotopic (exact) mass is 395 g/mol. The largest absolute Gasteiger partial charge is 0.319 e. The molecule has 1 N–H and O–H groups in total. The van der Waals surface area contributed by atoms with E-state index >= 15 is 0 Å². The Bertz CT molecular complexity index is 630. The Morgan fingerprint density at radius 3 is 2.90 bits per heavy atom. The molecule has 0 fully saturated rings. The lowest BCUT2D eigenvalue weighted by Crippen LogP contribution is -2.13. The number of hydrogen-bond donors (Lipinski definition) is 1. The van der Waals surface area contributed by atoms with Gasteiger partial charge < -0.3 is 5.32 Å². The Balaban J connectivity index is 2.11. The minimum Gasteiger partial charge on any atom is -0.319 e. The quantitative estimate of drug-likeness (QED) is 0.809. The van der Waals surface area contributed by atoms with Crippen molar-refractivity contribution < 1.29 is 18.0 Å². The Morgan fingerprint density at radius 1 is 1.45 bits per heavy atom. The van der Waals surface area contributed by atoms with Gasteiger partial charge in [0.05, 0.1) is 17.4 Å². The van der Waals surface area contributed by atoms with Crippen molar-refractivity contribution in [3.8, 4) is 0 Å². The summed E-state index contributed by atoms with van der Waals surface area (Å²) in [7, 11) is 0. The fourth-order valence-corrected chi connectivity index (χ4v) is 2.12. The number of carbonyl (C=O) groups is 1. The van der Waals surface area contributed by atoms with Gasteiger partial charge in [-0.3, -0.25) is 9.48 Å². The van der Waals surface area contributed by atoms with E-state index in [9.17, 15) is 18.0 Å². The molecule has 0 saturated carbocycles. The van der Waals surface area contributed by atoms with Crippen LogP contribution in [-0.2, 0) is 6.54 Å². The number of nitrogens with one attached hydrogen (secondary N) is 1. The van der Waals surface area contributed by atoms with Gasteiger partial charge in [-0.2, -0.15) is 5.10 Å². The smallest absolute Gasteiger partial charge is 0.257 e. The van der Waals surface area contributed by atoms with E-state index in [0.29, 0.717) is 3.57 Å². The summed E-state index contributed by atoms with van der Waals surface area (Å²) in [6.07, 6.45) is 0.0190. The second-order valence-corrected chi connectivity index (χ2v) is 5.08. The molecule has 8 heteroatoms. The van der Waals surface area contributed by atoms with Crippen LogP contribution in [0.3, 0.4) is 0 Å². The number of rotatable bonds is 4. The highest BCUT2D eigenvalue weighted by Gasteiger charge is 2.13. The van der Waals surface area contributed by atoms with E-state index in [1.807, 2.05) is 22.6 Å².